The Kier molecular flexibility index (Phi) is 5.47. The van der Waals surface area contributed by atoms with Crippen LogP contribution in [0, 0.1) is 11.8 Å². The molecule has 1 saturated carbocycles. The average molecular weight is 386 g/mol. The van der Waals surface area contributed by atoms with Crippen LogP contribution < -0.4 is 9.47 Å². The smallest absolute Gasteiger partial charge is 0.226 e. The molecule has 2 amide bonds. The third-order valence-corrected chi connectivity index (χ3v) is 6.37. The Morgan fingerprint density at radius 3 is 2.00 bits per heavy atom. The van der Waals surface area contributed by atoms with Crippen molar-refractivity contribution in [2.45, 2.75) is 45.1 Å². The van der Waals surface area contributed by atoms with Crippen molar-refractivity contribution in [3.05, 3.63) is 23.3 Å². The Balaban J connectivity index is 1.40. The van der Waals surface area contributed by atoms with Gasteiger partial charge in [0.1, 0.15) is 0 Å². The molecule has 0 aromatic heterocycles. The number of rotatable bonds is 4. The zero-order valence-corrected chi connectivity index (χ0v) is 16.9. The van der Waals surface area contributed by atoms with E-state index in [0.717, 1.165) is 43.7 Å². The van der Waals surface area contributed by atoms with E-state index in [1.165, 1.54) is 18.4 Å². The van der Waals surface area contributed by atoms with E-state index in [1.54, 1.807) is 14.2 Å². The van der Waals surface area contributed by atoms with E-state index < -0.39 is 0 Å². The molecule has 6 heteroatoms. The van der Waals surface area contributed by atoms with Crippen LogP contribution in [0.2, 0.25) is 0 Å². The van der Waals surface area contributed by atoms with Crippen LogP contribution in [0.1, 0.15) is 43.2 Å². The van der Waals surface area contributed by atoms with E-state index in [1.807, 2.05) is 21.9 Å². The molecule has 1 aromatic carbocycles. The summed E-state index contributed by atoms with van der Waals surface area (Å²) in [5.74, 6) is 1.52. The molecule has 2 heterocycles. The van der Waals surface area contributed by atoms with Gasteiger partial charge in [-0.3, -0.25) is 9.59 Å². The van der Waals surface area contributed by atoms with Crippen LogP contribution in [-0.2, 0) is 22.6 Å². The second kappa shape index (κ2) is 8.02. The second-order valence-corrected chi connectivity index (χ2v) is 8.17. The maximum Gasteiger partial charge on any atom is 0.226 e. The molecular weight excluding hydrogens is 356 g/mol. The van der Waals surface area contributed by atoms with Crippen molar-refractivity contribution in [1.29, 1.82) is 0 Å². The van der Waals surface area contributed by atoms with Crippen LogP contribution in [0.4, 0.5) is 0 Å². The number of ether oxygens (including phenoxy) is 2. The van der Waals surface area contributed by atoms with Gasteiger partial charge in [-0.15, -0.1) is 0 Å². The number of fused-ring (bicyclic) bond motifs is 1. The first-order valence-electron chi connectivity index (χ1n) is 10.4. The first kappa shape index (κ1) is 19.1. The zero-order chi connectivity index (χ0) is 19.7. The minimum atomic E-state index is -0.127. The van der Waals surface area contributed by atoms with Gasteiger partial charge in [-0.05, 0) is 48.9 Å². The van der Waals surface area contributed by atoms with Crippen molar-refractivity contribution in [1.82, 2.24) is 9.80 Å². The number of hydrogen-bond acceptors (Lipinski definition) is 4. The van der Waals surface area contributed by atoms with Gasteiger partial charge in [0.25, 0.3) is 0 Å². The maximum atomic E-state index is 13.0. The molecule has 2 atom stereocenters. The fourth-order valence-corrected chi connectivity index (χ4v) is 4.57. The summed E-state index contributed by atoms with van der Waals surface area (Å²) in [5.41, 5.74) is 2.31. The molecule has 2 unspecified atom stereocenters. The molecule has 0 bridgehead atoms. The van der Waals surface area contributed by atoms with Crippen LogP contribution in [0.15, 0.2) is 12.1 Å². The molecule has 152 valence electrons. The predicted molar refractivity (Wildman–Crippen MR) is 105 cm³/mol. The summed E-state index contributed by atoms with van der Waals surface area (Å²) in [5, 5.41) is 0. The number of likely N-dealkylation sites (tertiary alicyclic amines) is 1. The Morgan fingerprint density at radius 1 is 0.821 bits per heavy atom. The normalized spacial score (nSPS) is 24.2. The minimum absolute atomic E-state index is 0.0996. The zero-order valence-electron chi connectivity index (χ0n) is 16.9. The van der Waals surface area contributed by atoms with Crippen LogP contribution in [0.25, 0.3) is 0 Å². The highest BCUT2D eigenvalue weighted by molar-refractivity contribution is 5.92. The molecule has 1 aliphatic carbocycles. The third kappa shape index (κ3) is 3.69. The molecular formula is C22H30N2O4. The monoisotopic (exact) mass is 386 g/mol. The number of carbonyl (C=O) groups excluding carboxylic acids is 2. The molecule has 6 nitrogen and oxygen atoms in total. The largest absolute Gasteiger partial charge is 0.493 e. The van der Waals surface area contributed by atoms with Gasteiger partial charge in [0.2, 0.25) is 11.8 Å². The van der Waals surface area contributed by atoms with Gasteiger partial charge in [-0.1, -0.05) is 12.8 Å². The Hall–Kier alpha value is -2.24. The molecule has 28 heavy (non-hydrogen) atoms. The number of carbonyl (C=O) groups is 2. The van der Waals surface area contributed by atoms with Crippen molar-refractivity contribution >= 4 is 11.8 Å². The molecule has 0 N–H and O–H groups in total. The van der Waals surface area contributed by atoms with Gasteiger partial charge in [0.05, 0.1) is 26.1 Å². The molecule has 2 aliphatic heterocycles. The summed E-state index contributed by atoms with van der Waals surface area (Å²) < 4.78 is 10.8. The van der Waals surface area contributed by atoms with Crippen molar-refractivity contribution in [3.8, 4) is 11.5 Å². The highest BCUT2D eigenvalue weighted by atomic mass is 16.5. The van der Waals surface area contributed by atoms with E-state index in [-0.39, 0.29) is 23.7 Å². The maximum absolute atomic E-state index is 13.0. The van der Waals surface area contributed by atoms with Gasteiger partial charge < -0.3 is 19.3 Å². The van der Waals surface area contributed by atoms with E-state index in [4.69, 9.17) is 9.47 Å². The highest BCUT2D eigenvalue weighted by Crippen LogP contribution is 2.43. The molecule has 3 aliphatic rings. The molecule has 1 saturated heterocycles. The van der Waals surface area contributed by atoms with Gasteiger partial charge in [-0.25, -0.2) is 0 Å². The number of amides is 2. The van der Waals surface area contributed by atoms with Gasteiger partial charge in [-0.2, -0.15) is 0 Å². The molecule has 4 rings (SSSR count). The van der Waals surface area contributed by atoms with E-state index in [9.17, 15) is 9.59 Å². The topological polar surface area (TPSA) is 59.1 Å². The fourth-order valence-electron chi connectivity index (χ4n) is 4.57. The number of methoxy groups -OCH3 is 2. The Bertz CT molecular complexity index is 755. The lowest BCUT2D eigenvalue weighted by atomic mass is 9.98. The van der Waals surface area contributed by atoms with Crippen LogP contribution in [0.3, 0.4) is 0 Å². The van der Waals surface area contributed by atoms with Gasteiger partial charge in [0.15, 0.2) is 11.5 Å². The van der Waals surface area contributed by atoms with Gasteiger partial charge in [0, 0.05) is 26.2 Å². The quantitative estimate of drug-likeness (QED) is 0.798. The second-order valence-electron chi connectivity index (χ2n) is 8.17. The highest BCUT2D eigenvalue weighted by Gasteiger charge is 2.51. The molecule has 0 radical (unpaired) electrons. The van der Waals surface area contributed by atoms with E-state index >= 15 is 0 Å². The SMILES string of the molecule is COc1cc2c(cc1OC)CN(C(=O)C1CC1C(=O)N1CCCCCC1)CC2. The fraction of sp³-hybridized carbons (Fsp3) is 0.636. The summed E-state index contributed by atoms with van der Waals surface area (Å²) in [4.78, 5) is 29.7. The number of benzene rings is 1. The van der Waals surface area contributed by atoms with Crippen LogP contribution in [0.5, 0.6) is 11.5 Å². The van der Waals surface area contributed by atoms with Crippen molar-refractivity contribution in [3.63, 3.8) is 0 Å². The Morgan fingerprint density at radius 2 is 1.39 bits per heavy atom. The summed E-state index contributed by atoms with van der Waals surface area (Å²) in [6, 6.07) is 3.99. The summed E-state index contributed by atoms with van der Waals surface area (Å²) in [7, 11) is 3.26. The summed E-state index contributed by atoms with van der Waals surface area (Å²) in [6.45, 7) is 2.99. The van der Waals surface area contributed by atoms with Gasteiger partial charge >= 0.3 is 0 Å². The lowest BCUT2D eigenvalue weighted by Gasteiger charge is -2.30. The van der Waals surface area contributed by atoms with E-state index in [2.05, 4.69) is 0 Å². The van der Waals surface area contributed by atoms with Crippen molar-refractivity contribution in [2.24, 2.45) is 11.8 Å². The van der Waals surface area contributed by atoms with E-state index in [0.29, 0.717) is 25.3 Å². The van der Waals surface area contributed by atoms with Crippen molar-refractivity contribution < 1.29 is 19.1 Å². The standard InChI is InChI=1S/C22H30N2O4/c1-27-19-11-15-7-10-24(14-16(15)12-20(19)28-2)22(26)18-13-17(18)21(25)23-8-5-3-4-6-9-23/h11-12,17-18H,3-10,13-14H2,1-2H3. The Labute approximate surface area is 166 Å². The first-order chi connectivity index (χ1) is 13.6. The van der Waals surface area contributed by atoms with Crippen LogP contribution >= 0.6 is 0 Å². The third-order valence-electron chi connectivity index (χ3n) is 6.37. The lowest BCUT2D eigenvalue weighted by molar-refractivity contribution is -0.138. The molecule has 1 aromatic rings. The minimum Gasteiger partial charge on any atom is -0.493 e. The molecule has 2 fully saturated rings. The van der Waals surface area contributed by atoms with Crippen LogP contribution in [-0.4, -0.2) is 55.5 Å². The van der Waals surface area contributed by atoms with Crippen molar-refractivity contribution in [2.75, 3.05) is 33.9 Å². The lowest BCUT2D eigenvalue weighted by Crippen LogP contribution is -2.39. The average Bonchev–Trinajstić information content (AvgIpc) is 3.55. The first-order valence-corrected chi connectivity index (χ1v) is 10.4. The number of hydrogen-bond donors (Lipinski definition) is 0. The number of nitrogens with zero attached hydrogens (tertiary/aromatic N) is 2. The summed E-state index contributed by atoms with van der Waals surface area (Å²) >= 11 is 0. The molecule has 0 spiro atoms. The predicted octanol–water partition coefficient (Wildman–Crippen LogP) is 2.63. The summed E-state index contributed by atoms with van der Waals surface area (Å²) in [6.07, 6.45) is 6.11.